The molecule has 0 aromatic heterocycles. The van der Waals surface area contributed by atoms with E-state index in [1.165, 1.54) is 103 Å². The zero-order valence-electron chi connectivity index (χ0n) is 25.6. The van der Waals surface area contributed by atoms with Crippen molar-refractivity contribution in [1.82, 2.24) is 0 Å². The number of methoxy groups -OCH3 is 1. The molecule has 3 heteroatoms. The normalized spacial score (nSPS) is 11.7. The molecule has 0 spiro atoms. The average Bonchev–Trinajstić information content (AvgIpc) is 2.93. The Bertz CT molecular complexity index is 560. The second-order valence-corrected chi connectivity index (χ2v) is 10.2. The highest BCUT2D eigenvalue weighted by atomic mass is 16.5. The maximum Gasteiger partial charge on any atom is 0.305 e. The van der Waals surface area contributed by atoms with Gasteiger partial charge in [0.2, 0.25) is 0 Å². The molecule has 0 atom stereocenters. The summed E-state index contributed by atoms with van der Waals surface area (Å²) < 4.78 is 4.61. The molecular weight excluding hydrogens is 468 g/mol. The number of ether oxygens (including phenoxy) is 1. The minimum atomic E-state index is -0.0874. The van der Waals surface area contributed by atoms with Gasteiger partial charge >= 0.3 is 5.97 Å². The van der Waals surface area contributed by atoms with Crippen molar-refractivity contribution < 1.29 is 14.6 Å². The molecule has 222 valence electrons. The van der Waals surface area contributed by atoms with Gasteiger partial charge in [-0.25, -0.2) is 0 Å². The summed E-state index contributed by atoms with van der Waals surface area (Å²) in [4.78, 5) is 10.9. The Morgan fingerprint density at radius 2 is 0.895 bits per heavy atom. The fraction of sp³-hybridized carbons (Fsp3) is 0.743. The van der Waals surface area contributed by atoms with Gasteiger partial charge in [-0.3, -0.25) is 4.79 Å². The molecular formula is C35H64O3. The van der Waals surface area contributed by atoms with E-state index < -0.39 is 0 Å². The lowest BCUT2D eigenvalue weighted by molar-refractivity contribution is -0.140. The van der Waals surface area contributed by atoms with Crippen LogP contribution in [0.5, 0.6) is 0 Å². The quantitative estimate of drug-likeness (QED) is 0.0684. The van der Waals surface area contributed by atoms with Crippen LogP contribution in [0.4, 0.5) is 0 Å². The molecule has 0 aliphatic rings. The molecule has 38 heavy (non-hydrogen) atoms. The summed E-state index contributed by atoms with van der Waals surface area (Å²) in [6.45, 7) is 4.84. The molecule has 0 fully saturated rings. The van der Waals surface area contributed by atoms with Crippen molar-refractivity contribution in [3.63, 3.8) is 0 Å². The van der Waals surface area contributed by atoms with Crippen LogP contribution in [0.1, 0.15) is 155 Å². The van der Waals surface area contributed by atoms with Crippen LogP contribution in [0, 0.1) is 0 Å². The smallest absolute Gasteiger partial charge is 0.305 e. The van der Waals surface area contributed by atoms with Gasteiger partial charge in [0.1, 0.15) is 0 Å². The summed E-state index contributed by atoms with van der Waals surface area (Å²) in [6.07, 6.45) is 44.3. The van der Waals surface area contributed by atoms with Crippen molar-refractivity contribution in [3.05, 3.63) is 48.6 Å². The third-order valence-corrected chi connectivity index (χ3v) is 6.42. The molecule has 0 saturated heterocycles. The summed E-state index contributed by atoms with van der Waals surface area (Å²) in [7, 11) is 1.45. The molecule has 0 saturated carbocycles. The molecule has 0 unspecified atom stereocenters. The summed E-state index contributed by atoms with van der Waals surface area (Å²) in [5.41, 5.74) is 0. The highest BCUT2D eigenvalue weighted by molar-refractivity contribution is 5.68. The fourth-order valence-corrected chi connectivity index (χ4v) is 3.93. The molecule has 0 aliphatic heterocycles. The van der Waals surface area contributed by atoms with E-state index >= 15 is 0 Å². The van der Waals surface area contributed by atoms with Crippen molar-refractivity contribution in [3.8, 4) is 0 Å². The van der Waals surface area contributed by atoms with Gasteiger partial charge in [-0.15, -0.1) is 0 Å². The lowest BCUT2D eigenvalue weighted by Crippen LogP contribution is -1.98. The van der Waals surface area contributed by atoms with Crippen LogP contribution in [0.25, 0.3) is 0 Å². The zero-order chi connectivity index (χ0) is 28.2. The minimum Gasteiger partial charge on any atom is -0.469 e. The van der Waals surface area contributed by atoms with E-state index in [0.717, 1.165) is 38.5 Å². The average molecular weight is 533 g/mol. The van der Waals surface area contributed by atoms with Crippen molar-refractivity contribution in [2.75, 3.05) is 13.7 Å². The van der Waals surface area contributed by atoms with E-state index in [9.17, 15) is 4.79 Å². The van der Waals surface area contributed by atoms with Gasteiger partial charge in [-0.2, -0.15) is 0 Å². The number of aliphatic hydroxyl groups excluding tert-OH is 1. The number of rotatable bonds is 26. The van der Waals surface area contributed by atoms with Gasteiger partial charge in [0, 0.05) is 13.0 Å². The summed E-state index contributed by atoms with van der Waals surface area (Å²) in [5.74, 6) is -0.0874. The van der Waals surface area contributed by atoms with Crippen molar-refractivity contribution in [2.24, 2.45) is 0 Å². The van der Waals surface area contributed by atoms with E-state index in [1.54, 1.807) is 0 Å². The first-order chi connectivity index (χ1) is 18.7. The predicted molar refractivity (Wildman–Crippen MR) is 169 cm³/mol. The fourth-order valence-electron chi connectivity index (χ4n) is 3.93. The minimum absolute atomic E-state index is 0.0874. The van der Waals surface area contributed by atoms with E-state index in [-0.39, 0.29) is 5.97 Å². The second-order valence-electron chi connectivity index (χ2n) is 10.2. The molecule has 0 aromatic rings. The Kier molecular flexibility index (Phi) is 38.1. The standard InChI is InChI=1S/C18H32O2.C17H32O/c1-3-4-5-6-7-8-9-10-11-12-13-14-15-16-17-18(19)20-2;1-2-3-4-5-6-7-8-9-10-11-12-13-14-15-16-17-18/h7-8,10-11H,3-6,9,12-17H2,1-2H3;6-7,9-10,18H,2-5,8,11-17H2,1H3/b8-7-,11-10-;7-6-,10-9-. The molecule has 0 bridgehead atoms. The molecule has 3 nitrogen and oxygen atoms in total. The van der Waals surface area contributed by atoms with Crippen molar-refractivity contribution in [1.29, 1.82) is 0 Å². The molecule has 0 amide bonds. The largest absolute Gasteiger partial charge is 0.469 e. The number of hydrogen-bond donors (Lipinski definition) is 1. The van der Waals surface area contributed by atoms with Gasteiger partial charge in [0.15, 0.2) is 0 Å². The Hall–Kier alpha value is -1.61. The summed E-state index contributed by atoms with van der Waals surface area (Å²) >= 11 is 0. The van der Waals surface area contributed by atoms with Gasteiger partial charge in [0.25, 0.3) is 0 Å². The van der Waals surface area contributed by atoms with Gasteiger partial charge in [-0.1, -0.05) is 120 Å². The number of hydrogen-bond acceptors (Lipinski definition) is 3. The highest BCUT2D eigenvalue weighted by Gasteiger charge is 1.98. The lowest BCUT2D eigenvalue weighted by Gasteiger charge is -1.99. The monoisotopic (exact) mass is 532 g/mol. The Morgan fingerprint density at radius 1 is 0.526 bits per heavy atom. The van der Waals surface area contributed by atoms with Gasteiger partial charge < -0.3 is 9.84 Å². The Labute approximate surface area is 237 Å². The SMILES string of the molecule is CCCCC/C=C\C/C=C\CCCCCCC(=O)OC.CCCCC/C=C\C/C=C\CCCCCCCO. The topological polar surface area (TPSA) is 46.5 Å². The number of carbonyl (C=O) groups is 1. The molecule has 1 N–H and O–H groups in total. The highest BCUT2D eigenvalue weighted by Crippen LogP contribution is 2.08. The summed E-state index contributed by atoms with van der Waals surface area (Å²) in [6, 6.07) is 0. The lowest BCUT2D eigenvalue weighted by atomic mass is 10.1. The van der Waals surface area contributed by atoms with Crippen LogP contribution in [0.15, 0.2) is 48.6 Å². The van der Waals surface area contributed by atoms with E-state index in [1.807, 2.05) is 0 Å². The maximum atomic E-state index is 10.9. The number of allylic oxidation sites excluding steroid dienone is 8. The van der Waals surface area contributed by atoms with Crippen LogP contribution in [0.2, 0.25) is 0 Å². The Balaban J connectivity index is 0. The number of aliphatic hydroxyl groups is 1. The molecule has 0 rings (SSSR count). The first-order valence-electron chi connectivity index (χ1n) is 16.0. The van der Waals surface area contributed by atoms with Crippen molar-refractivity contribution >= 4 is 5.97 Å². The molecule has 0 aliphatic carbocycles. The number of esters is 1. The number of unbranched alkanes of at least 4 members (excludes halogenated alkanes) is 15. The van der Waals surface area contributed by atoms with Crippen LogP contribution in [-0.2, 0) is 9.53 Å². The van der Waals surface area contributed by atoms with E-state index in [2.05, 4.69) is 67.2 Å². The van der Waals surface area contributed by atoms with E-state index in [4.69, 9.17) is 5.11 Å². The van der Waals surface area contributed by atoms with Crippen LogP contribution < -0.4 is 0 Å². The zero-order valence-corrected chi connectivity index (χ0v) is 25.6. The first kappa shape index (κ1) is 38.5. The molecule has 0 radical (unpaired) electrons. The number of carbonyl (C=O) groups excluding carboxylic acids is 1. The van der Waals surface area contributed by atoms with Crippen LogP contribution >= 0.6 is 0 Å². The maximum absolute atomic E-state index is 10.9. The van der Waals surface area contributed by atoms with Gasteiger partial charge in [-0.05, 0) is 77.0 Å². The summed E-state index contributed by atoms with van der Waals surface area (Å²) in [5, 5.41) is 8.64. The third-order valence-electron chi connectivity index (χ3n) is 6.42. The second kappa shape index (κ2) is 37.5. The third kappa shape index (κ3) is 38.9. The van der Waals surface area contributed by atoms with Crippen LogP contribution in [-0.4, -0.2) is 24.8 Å². The molecule has 0 heterocycles. The van der Waals surface area contributed by atoms with Crippen molar-refractivity contribution in [2.45, 2.75) is 155 Å². The van der Waals surface area contributed by atoms with E-state index in [0.29, 0.717) is 13.0 Å². The first-order valence-corrected chi connectivity index (χ1v) is 16.0. The molecule has 0 aromatic carbocycles. The predicted octanol–water partition coefficient (Wildman–Crippen LogP) is 11.0. The van der Waals surface area contributed by atoms with Gasteiger partial charge in [0.05, 0.1) is 7.11 Å². The Morgan fingerprint density at radius 3 is 1.29 bits per heavy atom. The van der Waals surface area contributed by atoms with Crippen LogP contribution in [0.3, 0.4) is 0 Å².